The zero-order valence-corrected chi connectivity index (χ0v) is 16.1. The van der Waals surface area contributed by atoms with Gasteiger partial charge in [0.2, 0.25) is 0 Å². The number of hydrogen-bond donors (Lipinski definition) is 1. The van der Waals surface area contributed by atoms with Crippen LogP contribution in [-0.2, 0) is 22.5 Å². The first kappa shape index (κ1) is 19.4. The van der Waals surface area contributed by atoms with Gasteiger partial charge >= 0.3 is 5.97 Å². The Kier molecular flexibility index (Phi) is 5.59. The molecule has 6 nitrogen and oxygen atoms in total. The average Bonchev–Trinajstić information content (AvgIpc) is 2.98. The van der Waals surface area contributed by atoms with Crippen molar-refractivity contribution in [2.75, 3.05) is 7.11 Å². The summed E-state index contributed by atoms with van der Waals surface area (Å²) < 4.78 is 6.74. The molecule has 144 valence electrons. The number of benzene rings is 1. The number of rotatable bonds is 7. The zero-order chi connectivity index (χ0) is 20.3. The second-order valence-electron chi connectivity index (χ2n) is 6.51. The van der Waals surface area contributed by atoms with E-state index in [1.165, 1.54) is 7.11 Å². The summed E-state index contributed by atoms with van der Waals surface area (Å²) >= 11 is 0. The number of primary amides is 1. The summed E-state index contributed by atoms with van der Waals surface area (Å²) in [5, 5.41) is 1.00. The Morgan fingerprint density at radius 2 is 2.00 bits per heavy atom. The molecule has 28 heavy (non-hydrogen) atoms. The Balaban J connectivity index is 2.25. The molecule has 0 spiro atoms. The van der Waals surface area contributed by atoms with Crippen molar-refractivity contribution >= 4 is 22.8 Å². The Labute approximate surface area is 163 Å². The van der Waals surface area contributed by atoms with Gasteiger partial charge in [-0.2, -0.15) is 0 Å². The molecule has 0 unspecified atom stereocenters. The molecule has 1 amide bonds. The number of aromatic nitrogens is 2. The number of carbonyl (C=O) groups is 2. The molecule has 0 aliphatic rings. The van der Waals surface area contributed by atoms with Gasteiger partial charge in [-0.3, -0.25) is 9.59 Å². The molecule has 1 aromatic carbocycles. The van der Waals surface area contributed by atoms with E-state index in [-0.39, 0.29) is 12.4 Å². The smallest absolute Gasteiger partial charge is 0.305 e. The first-order valence-corrected chi connectivity index (χ1v) is 9.03. The molecular weight excluding hydrogens is 354 g/mol. The van der Waals surface area contributed by atoms with Crippen LogP contribution in [0.15, 0.2) is 49.1 Å². The molecule has 0 fully saturated rings. The summed E-state index contributed by atoms with van der Waals surface area (Å²) in [5.41, 5.74) is 9.84. The lowest BCUT2D eigenvalue weighted by Crippen LogP contribution is -2.13. The van der Waals surface area contributed by atoms with Crippen LogP contribution in [-0.4, -0.2) is 28.5 Å². The van der Waals surface area contributed by atoms with Gasteiger partial charge in [-0.05, 0) is 25.5 Å². The number of nitrogens with zero attached hydrogens (tertiary/aromatic N) is 2. The van der Waals surface area contributed by atoms with Gasteiger partial charge in [0.05, 0.1) is 30.3 Å². The lowest BCUT2D eigenvalue weighted by molar-refractivity contribution is -0.140. The van der Waals surface area contributed by atoms with Crippen LogP contribution >= 0.6 is 0 Å². The molecule has 2 heterocycles. The summed E-state index contributed by atoms with van der Waals surface area (Å²) in [6.07, 6.45) is 2.34. The molecule has 2 aromatic heterocycles. The molecule has 6 heteroatoms. The van der Waals surface area contributed by atoms with Crippen LogP contribution < -0.4 is 5.73 Å². The lowest BCUT2D eigenvalue weighted by atomic mass is 10.0. The largest absolute Gasteiger partial charge is 0.469 e. The topological polar surface area (TPSA) is 87.2 Å². The van der Waals surface area contributed by atoms with Gasteiger partial charge in [0.15, 0.2) is 0 Å². The predicted molar refractivity (Wildman–Crippen MR) is 109 cm³/mol. The number of allylic oxidation sites excluding steroid dienone is 1. The van der Waals surface area contributed by atoms with E-state index in [1.54, 1.807) is 6.08 Å². The highest BCUT2D eigenvalue weighted by molar-refractivity contribution is 6.02. The first-order valence-electron chi connectivity index (χ1n) is 9.03. The number of ether oxygens (including phenoxy) is 1. The molecule has 3 aromatic rings. The normalized spacial score (nSPS) is 10.8. The third-order valence-corrected chi connectivity index (χ3v) is 4.84. The van der Waals surface area contributed by atoms with Crippen LogP contribution in [0.5, 0.6) is 0 Å². The van der Waals surface area contributed by atoms with Crippen molar-refractivity contribution in [2.24, 2.45) is 5.73 Å². The molecule has 0 saturated carbocycles. The van der Waals surface area contributed by atoms with E-state index in [1.807, 2.05) is 47.9 Å². The van der Waals surface area contributed by atoms with Gasteiger partial charge in [0.25, 0.3) is 5.91 Å². The summed E-state index contributed by atoms with van der Waals surface area (Å²) in [5.74, 6) is -0.841. The summed E-state index contributed by atoms with van der Waals surface area (Å²) in [4.78, 5) is 28.8. The van der Waals surface area contributed by atoms with Crippen LogP contribution in [0.3, 0.4) is 0 Å². The van der Waals surface area contributed by atoms with Crippen molar-refractivity contribution in [1.29, 1.82) is 0 Å². The number of methoxy groups -OCH3 is 1. The first-order chi connectivity index (χ1) is 13.5. The van der Waals surface area contributed by atoms with Crippen LogP contribution in [0.25, 0.3) is 22.2 Å². The molecule has 0 aliphatic carbocycles. The third-order valence-electron chi connectivity index (χ3n) is 4.84. The second-order valence-corrected chi connectivity index (χ2v) is 6.51. The highest BCUT2D eigenvalue weighted by Crippen LogP contribution is 2.33. The summed E-state index contributed by atoms with van der Waals surface area (Å²) in [6.45, 7) is 6.14. The van der Waals surface area contributed by atoms with Crippen molar-refractivity contribution in [3.63, 3.8) is 0 Å². The fourth-order valence-electron chi connectivity index (χ4n) is 3.54. The monoisotopic (exact) mass is 377 g/mol. The van der Waals surface area contributed by atoms with Gasteiger partial charge in [-0.25, -0.2) is 4.98 Å². The number of carbonyl (C=O) groups excluding carboxylic acids is 2. The maximum Gasteiger partial charge on any atom is 0.305 e. The number of nitrogens with two attached hydrogens (primary N) is 1. The highest BCUT2D eigenvalue weighted by atomic mass is 16.5. The number of hydrogen-bond acceptors (Lipinski definition) is 4. The Morgan fingerprint density at radius 3 is 2.68 bits per heavy atom. The highest BCUT2D eigenvalue weighted by Gasteiger charge is 2.25. The SMILES string of the molecule is C=CCn1c(C)c(C(N)=O)c(-c2ccc3ccccc3n2)c1CCC(=O)OC. The Hall–Kier alpha value is -3.41. The molecular formula is C22H23N3O3. The molecule has 0 bridgehead atoms. The van der Waals surface area contributed by atoms with E-state index >= 15 is 0 Å². The number of amides is 1. The zero-order valence-electron chi connectivity index (χ0n) is 16.1. The quantitative estimate of drug-likeness (QED) is 0.505. The van der Waals surface area contributed by atoms with Gasteiger partial charge in [-0.15, -0.1) is 6.58 Å². The lowest BCUT2D eigenvalue weighted by Gasteiger charge is -2.11. The van der Waals surface area contributed by atoms with Crippen molar-refractivity contribution in [2.45, 2.75) is 26.3 Å². The van der Waals surface area contributed by atoms with Gasteiger partial charge in [0, 0.05) is 28.9 Å². The minimum atomic E-state index is -0.524. The maximum atomic E-state index is 12.3. The second kappa shape index (κ2) is 8.08. The van der Waals surface area contributed by atoms with E-state index in [4.69, 9.17) is 15.5 Å². The van der Waals surface area contributed by atoms with E-state index in [0.717, 1.165) is 22.3 Å². The standard InChI is InChI=1S/C22H23N3O3/c1-4-13-25-14(2)20(22(23)27)21(18(25)11-12-19(26)28-3)17-10-9-15-7-5-6-8-16(15)24-17/h4-10H,1,11-13H2,2-3H3,(H2,23,27). The molecule has 2 N–H and O–H groups in total. The minimum Gasteiger partial charge on any atom is -0.469 e. The minimum absolute atomic E-state index is 0.190. The molecule has 0 radical (unpaired) electrons. The van der Waals surface area contributed by atoms with Gasteiger partial charge in [-0.1, -0.05) is 30.3 Å². The van der Waals surface area contributed by atoms with Crippen LogP contribution in [0.4, 0.5) is 0 Å². The summed E-state index contributed by atoms with van der Waals surface area (Å²) in [7, 11) is 1.36. The fourth-order valence-corrected chi connectivity index (χ4v) is 3.54. The van der Waals surface area contributed by atoms with E-state index in [0.29, 0.717) is 29.8 Å². The van der Waals surface area contributed by atoms with Crippen molar-refractivity contribution in [1.82, 2.24) is 9.55 Å². The van der Waals surface area contributed by atoms with Gasteiger partial charge in [0.1, 0.15) is 0 Å². The fraction of sp³-hybridized carbons (Fsp3) is 0.227. The van der Waals surface area contributed by atoms with Crippen LogP contribution in [0, 0.1) is 6.92 Å². The molecule has 0 aliphatic heterocycles. The molecule has 3 rings (SSSR count). The van der Waals surface area contributed by atoms with Gasteiger partial charge < -0.3 is 15.0 Å². The van der Waals surface area contributed by atoms with E-state index in [2.05, 4.69) is 6.58 Å². The molecule has 0 atom stereocenters. The van der Waals surface area contributed by atoms with Crippen LogP contribution in [0.2, 0.25) is 0 Å². The average molecular weight is 377 g/mol. The van der Waals surface area contributed by atoms with E-state index < -0.39 is 5.91 Å². The maximum absolute atomic E-state index is 12.3. The van der Waals surface area contributed by atoms with Crippen LogP contribution in [0.1, 0.15) is 28.2 Å². The van der Waals surface area contributed by atoms with E-state index in [9.17, 15) is 9.59 Å². The Bertz CT molecular complexity index is 1070. The van der Waals surface area contributed by atoms with Crippen molar-refractivity contribution in [3.8, 4) is 11.3 Å². The predicted octanol–water partition coefficient (Wildman–Crippen LogP) is 3.40. The number of esters is 1. The van der Waals surface area contributed by atoms with Crippen molar-refractivity contribution < 1.29 is 14.3 Å². The summed E-state index contributed by atoms with van der Waals surface area (Å²) in [6, 6.07) is 11.6. The van der Waals surface area contributed by atoms with Crippen molar-refractivity contribution in [3.05, 3.63) is 66.0 Å². The number of pyridine rings is 1. The third kappa shape index (κ3) is 3.53. The Morgan fingerprint density at radius 1 is 1.25 bits per heavy atom. The molecule has 0 saturated heterocycles. The number of fused-ring (bicyclic) bond motifs is 1. The number of para-hydroxylation sites is 1.